The van der Waals surface area contributed by atoms with Gasteiger partial charge in [0.05, 0.1) is 26.4 Å². The smallest absolute Gasteiger partial charge is 0.463 e. The number of unbranched alkanes of at least 4 members (excludes halogenated alkanes) is 41. The quantitative estimate of drug-likeness (QED) is 0.0146. The predicted octanol–water partition coefficient (Wildman–Crippen LogP) is 29.7. The fourth-order valence-electron chi connectivity index (χ4n) is 13.0. The first-order valence-corrected chi connectivity index (χ1v) is 50.8. The van der Waals surface area contributed by atoms with Crippen LogP contribution in [0, 0.1) is 0 Å². The minimum atomic E-state index is -4.95. The van der Waals surface area contributed by atoms with E-state index >= 15 is 0 Å². The number of carbonyl (C=O) groups is 3. The zero-order chi connectivity index (χ0) is 86.5. The predicted molar refractivity (Wildman–Crippen MR) is 500 cm³/mol. The number of phosphoric ester groups is 2. The highest BCUT2D eigenvalue weighted by Gasteiger charge is 2.30. The van der Waals surface area contributed by atoms with E-state index in [1.807, 2.05) is 0 Å². The van der Waals surface area contributed by atoms with Gasteiger partial charge in [-0.15, -0.1) is 0 Å². The molecule has 0 aliphatic carbocycles. The Morgan fingerprint density at radius 3 is 0.706 bits per heavy atom. The lowest BCUT2D eigenvalue weighted by molar-refractivity contribution is -0.161. The molecule has 0 saturated carbocycles. The van der Waals surface area contributed by atoms with Crippen LogP contribution in [0.5, 0.6) is 0 Å². The molecule has 0 aromatic heterocycles. The van der Waals surface area contributed by atoms with E-state index in [9.17, 15) is 43.5 Å². The number of aliphatic hydroxyl groups excluding tert-OH is 2. The van der Waals surface area contributed by atoms with Gasteiger partial charge in [-0.05, 0) is 154 Å². The van der Waals surface area contributed by atoms with E-state index in [0.29, 0.717) is 19.3 Å². The van der Waals surface area contributed by atoms with E-state index in [1.165, 1.54) is 186 Å². The number of carbonyl (C=O) groups excluding carboxylic acids is 3. The Bertz CT molecular complexity index is 2790. The molecule has 0 rings (SSSR count). The summed E-state index contributed by atoms with van der Waals surface area (Å²) in [5.74, 6) is -1.57. The van der Waals surface area contributed by atoms with Crippen molar-refractivity contribution in [3.8, 4) is 0 Å². The van der Waals surface area contributed by atoms with E-state index in [4.69, 9.17) is 32.3 Å². The Morgan fingerprint density at radius 1 is 0.244 bits per heavy atom. The molecule has 0 aromatic carbocycles. The molecule has 16 nitrogen and oxygen atoms in total. The highest BCUT2D eigenvalue weighted by atomic mass is 31.2. The van der Waals surface area contributed by atoms with Crippen molar-refractivity contribution in [3.63, 3.8) is 0 Å². The standard InChI is InChI=1S/C101H174O16P2/c1-4-7-10-13-16-19-22-25-28-31-34-37-40-43-46-47-50-52-54-57-60-63-66-69-72-75-78-81-84-87-99(104)111-90-96(102)91-113-118(107,108)114-92-97(103)93-115-119(109,110)116-95-98(117-101(106)89-86-83-80-77-74-71-68-65-62-59-56-53-49-45-42-39-36-33-30-27-24-21-18-15-12-9-6-3)94-112-100(105)88-85-82-79-76-73-70-67-64-61-58-55-51-48-44-41-38-35-32-29-26-23-20-17-14-11-8-5-2/h7,10,16-21,25-30,34-39,43-46,48-49,96-98,102-103H,4-6,8-9,11-15,22-24,31-33,40-42,47,50-95H2,1-3H3,(H,107,108)(H,109,110)/b10-7-,19-16-,20-17-,21-18-,28-25-,29-26-,30-27-,37-34-,38-35-,39-36-,46-43-,48-44-,49-45-. The molecule has 18 heteroatoms. The first-order chi connectivity index (χ1) is 58.2. The number of allylic oxidation sites excluding steroid dienone is 26. The van der Waals surface area contributed by atoms with Crippen molar-refractivity contribution < 1.29 is 75.8 Å². The third-order valence-electron chi connectivity index (χ3n) is 20.2. The molecule has 684 valence electrons. The molecule has 0 aliphatic rings. The lowest BCUT2D eigenvalue weighted by Crippen LogP contribution is -2.30. The molecule has 0 saturated heterocycles. The zero-order valence-corrected chi connectivity index (χ0v) is 77.3. The van der Waals surface area contributed by atoms with Gasteiger partial charge in [0.25, 0.3) is 0 Å². The Kier molecular flexibility index (Phi) is 88.6. The van der Waals surface area contributed by atoms with Crippen LogP contribution < -0.4 is 0 Å². The van der Waals surface area contributed by atoms with Crippen molar-refractivity contribution in [2.24, 2.45) is 0 Å². The van der Waals surface area contributed by atoms with Crippen molar-refractivity contribution in [2.45, 2.75) is 424 Å². The summed E-state index contributed by atoms with van der Waals surface area (Å²) in [7, 11) is -9.82. The molecule has 0 aliphatic heterocycles. The SMILES string of the molecule is CC/C=C\C/C=C\C/C=C\C/C=C\C/C=C\CCCCCCCCCCCCCCCC(=O)OCC(O)COP(=O)(O)OCC(O)COP(=O)(O)OCC(COC(=O)CCCCCCCCCCCCC/C=C\C/C=C\C/C=C\C/C=C\CCCCC)OC(=O)CCCCCCCCCCCCC/C=C\C/C=C\C/C=C\C/C=C\CCCCC. The summed E-state index contributed by atoms with van der Waals surface area (Å²) in [5, 5.41) is 20.8. The van der Waals surface area contributed by atoms with Crippen LogP contribution in [0.25, 0.3) is 0 Å². The fourth-order valence-corrected chi connectivity index (χ4v) is 14.6. The Balaban J connectivity index is 4.65. The Labute approximate surface area is 727 Å². The van der Waals surface area contributed by atoms with E-state index in [2.05, 4.69) is 179 Å². The van der Waals surface area contributed by atoms with Crippen molar-refractivity contribution >= 4 is 33.6 Å². The van der Waals surface area contributed by atoms with E-state index in [0.717, 1.165) is 161 Å². The second kappa shape index (κ2) is 92.4. The normalized spacial score (nSPS) is 14.4. The lowest BCUT2D eigenvalue weighted by atomic mass is 10.0. The highest BCUT2D eigenvalue weighted by Crippen LogP contribution is 2.45. The maximum absolute atomic E-state index is 13.1. The van der Waals surface area contributed by atoms with Gasteiger partial charge in [-0.2, -0.15) is 0 Å². The van der Waals surface area contributed by atoms with Crippen molar-refractivity contribution in [2.75, 3.05) is 39.6 Å². The van der Waals surface area contributed by atoms with E-state index < -0.39 is 91.5 Å². The van der Waals surface area contributed by atoms with Gasteiger partial charge in [0.15, 0.2) is 6.10 Å². The summed E-state index contributed by atoms with van der Waals surface area (Å²) in [6, 6.07) is 0. The molecule has 5 atom stereocenters. The number of hydrogen-bond donors (Lipinski definition) is 4. The van der Waals surface area contributed by atoms with Crippen LogP contribution in [0.15, 0.2) is 158 Å². The van der Waals surface area contributed by atoms with Crippen LogP contribution in [-0.2, 0) is 55.8 Å². The molecule has 0 amide bonds. The van der Waals surface area contributed by atoms with Gasteiger partial charge in [-0.25, -0.2) is 9.13 Å². The van der Waals surface area contributed by atoms with E-state index in [-0.39, 0.29) is 19.3 Å². The van der Waals surface area contributed by atoms with E-state index in [1.54, 1.807) is 0 Å². The maximum Gasteiger partial charge on any atom is 0.472 e. The number of aliphatic hydroxyl groups is 2. The molecule has 119 heavy (non-hydrogen) atoms. The number of hydrogen-bond acceptors (Lipinski definition) is 14. The number of ether oxygens (including phenoxy) is 3. The topological polar surface area (TPSA) is 231 Å². The second-order valence-corrected chi connectivity index (χ2v) is 34.7. The van der Waals surface area contributed by atoms with Crippen LogP contribution in [-0.4, -0.2) is 95.9 Å². The second-order valence-electron chi connectivity index (χ2n) is 31.8. The summed E-state index contributed by atoms with van der Waals surface area (Å²) in [4.78, 5) is 59.1. The van der Waals surface area contributed by atoms with Gasteiger partial charge in [-0.1, -0.05) is 391 Å². The molecule has 0 fully saturated rings. The fraction of sp³-hybridized carbons (Fsp3) is 0.713. The van der Waals surface area contributed by atoms with Crippen LogP contribution in [0.4, 0.5) is 0 Å². The number of esters is 3. The molecular formula is C101H174O16P2. The molecule has 0 heterocycles. The van der Waals surface area contributed by atoms with Crippen LogP contribution in [0.3, 0.4) is 0 Å². The van der Waals surface area contributed by atoms with Gasteiger partial charge in [0.2, 0.25) is 0 Å². The molecular weight excluding hydrogens is 1530 g/mol. The summed E-state index contributed by atoms with van der Waals surface area (Å²) >= 11 is 0. The van der Waals surface area contributed by atoms with Crippen LogP contribution in [0.1, 0.15) is 406 Å². The average Bonchev–Trinajstić information content (AvgIpc) is 0.905. The summed E-state index contributed by atoms with van der Waals surface area (Å²) < 4.78 is 61.6. The Hall–Kier alpha value is -4.83. The third-order valence-corrected chi connectivity index (χ3v) is 22.1. The lowest BCUT2D eigenvalue weighted by Gasteiger charge is -2.21. The molecule has 4 N–H and O–H groups in total. The molecule has 0 spiro atoms. The average molecular weight is 1710 g/mol. The molecule has 0 radical (unpaired) electrons. The highest BCUT2D eigenvalue weighted by molar-refractivity contribution is 7.47. The number of phosphoric acid groups is 2. The third kappa shape index (κ3) is 93.7. The van der Waals surface area contributed by atoms with Gasteiger partial charge < -0.3 is 34.2 Å². The maximum atomic E-state index is 13.1. The summed E-state index contributed by atoms with van der Waals surface area (Å²) in [6.07, 6.45) is 118. The number of rotatable bonds is 90. The van der Waals surface area contributed by atoms with Crippen molar-refractivity contribution in [3.05, 3.63) is 158 Å². The van der Waals surface area contributed by atoms with Gasteiger partial charge in [-0.3, -0.25) is 32.5 Å². The monoisotopic (exact) mass is 1710 g/mol. The molecule has 0 bridgehead atoms. The van der Waals surface area contributed by atoms with Gasteiger partial charge >= 0.3 is 33.6 Å². The van der Waals surface area contributed by atoms with Crippen molar-refractivity contribution in [1.82, 2.24) is 0 Å². The summed E-state index contributed by atoms with van der Waals surface area (Å²) in [6.45, 7) is 2.57. The van der Waals surface area contributed by atoms with Crippen molar-refractivity contribution in [1.29, 1.82) is 0 Å². The van der Waals surface area contributed by atoms with Gasteiger partial charge in [0, 0.05) is 19.3 Å². The molecule has 5 unspecified atom stereocenters. The van der Waals surface area contributed by atoms with Gasteiger partial charge in [0.1, 0.15) is 25.4 Å². The summed E-state index contributed by atoms with van der Waals surface area (Å²) in [5.41, 5.74) is 0. The first-order valence-electron chi connectivity index (χ1n) is 47.8. The van der Waals surface area contributed by atoms with Crippen LogP contribution in [0.2, 0.25) is 0 Å². The largest absolute Gasteiger partial charge is 0.472 e. The molecule has 0 aromatic rings. The first kappa shape index (κ1) is 114. The van der Waals surface area contributed by atoms with Crippen LogP contribution >= 0.6 is 15.6 Å². The zero-order valence-electron chi connectivity index (χ0n) is 75.5. The minimum absolute atomic E-state index is 0.0972. The minimum Gasteiger partial charge on any atom is -0.463 e. The Morgan fingerprint density at radius 2 is 0.445 bits per heavy atom.